The Kier molecular flexibility index (Phi) is 1.82. The first kappa shape index (κ1) is 7.45. The summed E-state index contributed by atoms with van der Waals surface area (Å²) in [6.07, 6.45) is 2.06. The summed E-state index contributed by atoms with van der Waals surface area (Å²) in [5, 5.41) is 1.05. The lowest BCUT2D eigenvalue weighted by atomic mass is 10.1. The van der Waals surface area contributed by atoms with Crippen LogP contribution < -0.4 is 0 Å². The first-order valence-electron chi connectivity index (χ1n) is 3.70. The van der Waals surface area contributed by atoms with Crippen molar-refractivity contribution in [2.24, 2.45) is 0 Å². The average molecular weight is 187 g/mol. The van der Waals surface area contributed by atoms with Crippen molar-refractivity contribution in [2.75, 3.05) is 0 Å². The van der Waals surface area contributed by atoms with Gasteiger partial charge in [0.15, 0.2) is 0 Å². The SMILES string of the molecule is Clc1cccc2c1CC[C@H]2Cl. The molecule has 1 aliphatic carbocycles. The van der Waals surface area contributed by atoms with Gasteiger partial charge >= 0.3 is 0 Å². The summed E-state index contributed by atoms with van der Waals surface area (Å²) in [6.45, 7) is 0. The Bertz CT molecular complexity index is 281. The molecule has 0 aromatic heterocycles. The highest BCUT2D eigenvalue weighted by molar-refractivity contribution is 6.31. The average Bonchev–Trinajstić information content (AvgIpc) is 2.35. The standard InChI is InChI=1S/C9H8Cl2/c10-8-3-1-2-6-7(8)4-5-9(6)11/h1-3,9H,4-5H2/t9-/m1/s1. The second-order valence-corrected chi connectivity index (χ2v) is 3.75. The lowest BCUT2D eigenvalue weighted by Gasteiger charge is -2.02. The van der Waals surface area contributed by atoms with E-state index in [2.05, 4.69) is 6.07 Å². The largest absolute Gasteiger partial charge is 0.118 e. The molecule has 0 radical (unpaired) electrons. The van der Waals surface area contributed by atoms with Crippen molar-refractivity contribution in [1.29, 1.82) is 0 Å². The van der Waals surface area contributed by atoms with Crippen LogP contribution in [0.3, 0.4) is 0 Å². The van der Waals surface area contributed by atoms with Gasteiger partial charge in [-0.3, -0.25) is 0 Å². The summed E-state index contributed by atoms with van der Waals surface area (Å²) in [6, 6.07) is 5.95. The minimum absolute atomic E-state index is 0.184. The zero-order chi connectivity index (χ0) is 7.84. The molecule has 0 N–H and O–H groups in total. The van der Waals surface area contributed by atoms with Crippen molar-refractivity contribution in [3.05, 3.63) is 34.3 Å². The fourth-order valence-corrected chi connectivity index (χ4v) is 2.15. The van der Waals surface area contributed by atoms with E-state index < -0.39 is 0 Å². The Morgan fingerprint density at radius 2 is 2.18 bits per heavy atom. The minimum atomic E-state index is 0.184. The van der Waals surface area contributed by atoms with Crippen molar-refractivity contribution in [2.45, 2.75) is 18.2 Å². The number of rotatable bonds is 0. The normalized spacial score (nSPS) is 21.8. The van der Waals surface area contributed by atoms with E-state index in [0.29, 0.717) is 0 Å². The van der Waals surface area contributed by atoms with Crippen LogP contribution in [-0.4, -0.2) is 0 Å². The smallest absolute Gasteiger partial charge is 0.0591 e. The van der Waals surface area contributed by atoms with E-state index in [0.717, 1.165) is 17.9 Å². The number of benzene rings is 1. The lowest BCUT2D eigenvalue weighted by molar-refractivity contribution is 0.882. The van der Waals surface area contributed by atoms with Crippen LogP contribution in [0.1, 0.15) is 22.9 Å². The molecule has 1 aromatic carbocycles. The first-order valence-corrected chi connectivity index (χ1v) is 4.52. The molecule has 2 rings (SSSR count). The number of fused-ring (bicyclic) bond motifs is 1. The molecule has 1 atom stereocenters. The van der Waals surface area contributed by atoms with Gasteiger partial charge in [-0.2, -0.15) is 0 Å². The fraction of sp³-hybridized carbons (Fsp3) is 0.333. The molecule has 0 bridgehead atoms. The summed E-state index contributed by atoms with van der Waals surface area (Å²) in [5.74, 6) is 0. The van der Waals surface area contributed by atoms with Crippen LogP contribution in [-0.2, 0) is 6.42 Å². The molecule has 0 spiro atoms. The van der Waals surface area contributed by atoms with Crippen LogP contribution in [0.25, 0.3) is 0 Å². The van der Waals surface area contributed by atoms with Gasteiger partial charge in [-0.15, -0.1) is 11.6 Å². The molecule has 0 fully saturated rings. The van der Waals surface area contributed by atoms with E-state index in [4.69, 9.17) is 23.2 Å². The van der Waals surface area contributed by atoms with E-state index in [1.165, 1.54) is 11.1 Å². The van der Waals surface area contributed by atoms with Gasteiger partial charge in [0, 0.05) is 5.02 Å². The lowest BCUT2D eigenvalue weighted by Crippen LogP contribution is -1.83. The molecule has 11 heavy (non-hydrogen) atoms. The summed E-state index contributed by atoms with van der Waals surface area (Å²) in [7, 11) is 0. The van der Waals surface area contributed by atoms with Crippen molar-refractivity contribution in [1.82, 2.24) is 0 Å². The maximum absolute atomic E-state index is 6.06. The second kappa shape index (κ2) is 2.69. The van der Waals surface area contributed by atoms with Crippen molar-refractivity contribution in [3.8, 4) is 0 Å². The fourth-order valence-electron chi connectivity index (χ4n) is 1.56. The third-order valence-electron chi connectivity index (χ3n) is 2.14. The Balaban J connectivity index is 2.57. The molecule has 0 unspecified atom stereocenters. The molecule has 1 aliphatic rings. The highest BCUT2D eigenvalue weighted by Gasteiger charge is 2.21. The van der Waals surface area contributed by atoms with E-state index in [-0.39, 0.29) is 5.38 Å². The zero-order valence-corrected chi connectivity index (χ0v) is 7.49. The van der Waals surface area contributed by atoms with Gasteiger partial charge in [0.05, 0.1) is 5.38 Å². The van der Waals surface area contributed by atoms with Gasteiger partial charge < -0.3 is 0 Å². The molecule has 58 valence electrons. The monoisotopic (exact) mass is 186 g/mol. The number of hydrogen-bond acceptors (Lipinski definition) is 0. The molecule has 0 heterocycles. The van der Waals surface area contributed by atoms with Crippen molar-refractivity contribution < 1.29 is 0 Å². The van der Waals surface area contributed by atoms with Crippen LogP contribution in [0.15, 0.2) is 18.2 Å². The Morgan fingerprint density at radius 1 is 1.36 bits per heavy atom. The van der Waals surface area contributed by atoms with Crippen LogP contribution in [0, 0.1) is 0 Å². The maximum Gasteiger partial charge on any atom is 0.0591 e. The predicted octanol–water partition coefficient (Wildman–Crippen LogP) is 3.57. The summed E-state index contributed by atoms with van der Waals surface area (Å²) < 4.78 is 0. The van der Waals surface area contributed by atoms with Gasteiger partial charge in [-0.1, -0.05) is 23.7 Å². The highest BCUT2D eigenvalue weighted by atomic mass is 35.5. The van der Waals surface area contributed by atoms with E-state index in [1.54, 1.807) is 0 Å². The van der Waals surface area contributed by atoms with Crippen LogP contribution in [0.4, 0.5) is 0 Å². The van der Waals surface area contributed by atoms with Gasteiger partial charge in [0.1, 0.15) is 0 Å². The molecule has 0 amide bonds. The van der Waals surface area contributed by atoms with E-state index in [9.17, 15) is 0 Å². The third-order valence-corrected chi connectivity index (χ3v) is 2.95. The molecular formula is C9H8Cl2. The highest BCUT2D eigenvalue weighted by Crippen LogP contribution is 2.38. The quantitative estimate of drug-likeness (QED) is 0.544. The van der Waals surface area contributed by atoms with E-state index in [1.807, 2.05) is 12.1 Å². The zero-order valence-electron chi connectivity index (χ0n) is 5.98. The van der Waals surface area contributed by atoms with Gasteiger partial charge in [-0.25, -0.2) is 0 Å². The number of hydrogen-bond donors (Lipinski definition) is 0. The molecule has 0 aliphatic heterocycles. The van der Waals surface area contributed by atoms with Crippen molar-refractivity contribution in [3.63, 3.8) is 0 Å². The molecule has 2 heteroatoms. The summed E-state index contributed by atoms with van der Waals surface area (Å²) >= 11 is 12.0. The second-order valence-electron chi connectivity index (χ2n) is 2.81. The van der Waals surface area contributed by atoms with Crippen LogP contribution in [0.2, 0.25) is 5.02 Å². The molecule has 0 saturated carbocycles. The summed E-state index contributed by atoms with van der Waals surface area (Å²) in [4.78, 5) is 0. The summed E-state index contributed by atoms with van der Waals surface area (Å²) in [5.41, 5.74) is 2.47. The Morgan fingerprint density at radius 3 is 2.91 bits per heavy atom. The van der Waals surface area contributed by atoms with Crippen LogP contribution >= 0.6 is 23.2 Å². The molecular weight excluding hydrogens is 179 g/mol. The Hall–Kier alpha value is -0.200. The molecule has 0 nitrogen and oxygen atoms in total. The van der Waals surface area contributed by atoms with E-state index >= 15 is 0 Å². The van der Waals surface area contributed by atoms with Crippen LogP contribution in [0.5, 0.6) is 0 Å². The van der Waals surface area contributed by atoms with Crippen molar-refractivity contribution >= 4 is 23.2 Å². The Labute approximate surface area is 76.1 Å². The topological polar surface area (TPSA) is 0 Å². The number of halogens is 2. The number of alkyl halides is 1. The van der Waals surface area contributed by atoms with Gasteiger partial charge in [-0.05, 0) is 30.0 Å². The minimum Gasteiger partial charge on any atom is -0.118 e. The first-order chi connectivity index (χ1) is 5.29. The third kappa shape index (κ3) is 1.15. The molecule has 0 saturated heterocycles. The van der Waals surface area contributed by atoms with Gasteiger partial charge in [0.2, 0.25) is 0 Å². The molecule has 1 aromatic rings. The predicted molar refractivity (Wildman–Crippen MR) is 48.4 cm³/mol. The maximum atomic E-state index is 6.06. The van der Waals surface area contributed by atoms with Gasteiger partial charge in [0.25, 0.3) is 0 Å².